The molecule has 0 saturated heterocycles. The van der Waals surface area contributed by atoms with Gasteiger partial charge >= 0.3 is 0 Å². The highest BCUT2D eigenvalue weighted by molar-refractivity contribution is 5.92. The maximum absolute atomic E-state index is 13.0. The Morgan fingerprint density at radius 3 is 2.92 bits per heavy atom. The lowest BCUT2D eigenvalue weighted by Gasteiger charge is -2.19. The van der Waals surface area contributed by atoms with Crippen LogP contribution in [0.4, 0.5) is 11.6 Å². The van der Waals surface area contributed by atoms with Gasteiger partial charge < -0.3 is 16.0 Å². The highest BCUT2D eigenvalue weighted by Gasteiger charge is 2.24. The summed E-state index contributed by atoms with van der Waals surface area (Å²) in [6.07, 6.45) is 6.83. The fraction of sp³-hybridized carbons (Fsp3) is 0.360. The molecule has 0 saturated carbocycles. The smallest absolute Gasteiger partial charge is 0.273 e. The summed E-state index contributed by atoms with van der Waals surface area (Å²) in [5.41, 5.74) is 4.16. The number of nitrogens with zero attached hydrogens (tertiary/aromatic N) is 7. The summed E-state index contributed by atoms with van der Waals surface area (Å²) in [4.78, 5) is 21.9. The van der Waals surface area contributed by atoms with E-state index < -0.39 is 6.98 Å². The Morgan fingerprint density at radius 1 is 1.25 bits per heavy atom. The second kappa shape index (κ2) is 9.50. The maximum Gasteiger partial charge on any atom is 0.273 e. The number of anilines is 2. The molecule has 0 fully saturated rings. The number of aromatic nitrogens is 7. The molecule has 0 aliphatic carbocycles. The minimum Gasteiger partial charge on any atom is -0.344 e. The first kappa shape index (κ1) is 20.1. The number of carbonyl (C=O) groups is 1. The van der Waals surface area contributed by atoms with E-state index in [1.807, 2.05) is 32.9 Å². The van der Waals surface area contributed by atoms with Gasteiger partial charge in [0.1, 0.15) is 0 Å². The van der Waals surface area contributed by atoms with Gasteiger partial charge in [0.2, 0.25) is 5.95 Å². The van der Waals surface area contributed by atoms with E-state index in [0.29, 0.717) is 23.9 Å². The molecule has 1 aromatic carbocycles. The molecule has 0 unspecified atom stereocenters. The lowest BCUT2D eigenvalue weighted by molar-refractivity contribution is 0.0930. The van der Waals surface area contributed by atoms with E-state index in [1.165, 1.54) is 12.4 Å². The van der Waals surface area contributed by atoms with Crippen LogP contribution in [0, 0.1) is 0 Å². The van der Waals surface area contributed by atoms with Crippen LogP contribution in [0.15, 0.2) is 49.1 Å². The van der Waals surface area contributed by atoms with Crippen molar-refractivity contribution in [3.05, 3.63) is 65.9 Å². The van der Waals surface area contributed by atoms with Crippen LogP contribution in [0.3, 0.4) is 0 Å². The van der Waals surface area contributed by atoms with Gasteiger partial charge in [-0.1, -0.05) is 17.3 Å². The van der Waals surface area contributed by atoms with Crippen LogP contribution in [0.25, 0.3) is 11.3 Å². The van der Waals surface area contributed by atoms with E-state index >= 15 is 0 Å². The molecular weight excluding hydrogens is 456 g/mol. The van der Waals surface area contributed by atoms with E-state index in [2.05, 4.69) is 47.4 Å². The molecule has 36 heavy (non-hydrogen) atoms. The molecule has 5 rings (SSSR count). The zero-order valence-corrected chi connectivity index (χ0v) is 20.4. The quantitative estimate of drug-likeness (QED) is 0.390. The van der Waals surface area contributed by atoms with Crippen molar-refractivity contribution in [3.8, 4) is 11.3 Å². The van der Waals surface area contributed by atoms with Gasteiger partial charge in [0.15, 0.2) is 5.69 Å². The van der Waals surface area contributed by atoms with Crippen molar-refractivity contribution in [1.82, 2.24) is 45.4 Å². The zero-order chi connectivity index (χ0) is 27.8. The lowest BCUT2D eigenvalue weighted by atomic mass is 9.96. The van der Waals surface area contributed by atoms with Crippen molar-refractivity contribution in [1.29, 1.82) is 0 Å². The lowest BCUT2D eigenvalue weighted by Crippen LogP contribution is -2.30. The predicted molar refractivity (Wildman–Crippen MR) is 136 cm³/mol. The van der Waals surface area contributed by atoms with Crippen LogP contribution in [0.2, 0.25) is 0 Å². The number of fused-ring (bicyclic) bond motifs is 1. The Balaban J connectivity index is 1.35. The average Bonchev–Trinajstić information content (AvgIpc) is 3.52. The summed E-state index contributed by atoms with van der Waals surface area (Å²) >= 11 is 0. The van der Waals surface area contributed by atoms with Crippen molar-refractivity contribution in [3.63, 3.8) is 0 Å². The monoisotopic (exact) mass is 489 g/mol. The van der Waals surface area contributed by atoms with Crippen molar-refractivity contribution < 1.29 is 8.91 Å². The summed E-state index contributed by atoms with van der Waals surface area (Å²) < 4.78 is 25.0. The summed E-state index contributed by atoms with van der Waals surface area (Å²) in [6, 6.07) is 7.67. The van der Waals surface area contributed by atoms with Crippen molar-refractivity contribution in [2.24, 2.45) is 6.98 Å². The van der Waals surface area contributed by atoms with E-state index in [4.69, 9.17) is 4.11 Å². The topological polar surface area (TPSA) is 127 Å². The van der Waals surface area contributed by atoms with Gasteiger partial charge in [-0.3, -0.25) is 9.48 Å². The summed E-state index contributed by atoms with van der Waals surface area (Å²) in [6.45, 7) is 5.03. The number of hydrogen-bond acceptors (Lipinski definition) is 8. The molecule has 0 spiro atoms. The summed E-state index contributed by atoms with van der Waals surface area (Å²) in [5, 5.41) is 21.6. The molecule has 11 nitrogen and oxygen atoms in total. The van der Waals surface area contributed by atoms with Crippen molar-refractivity contribution >= 4 is 17.5 Å². The van der Waals surface area contributed by atoms with E-state index in [1.54, 1.807) is 23.1 Å². The van der Waals surface area contributed by atoms with Crippen molar-refractivity contribution in [2.45, 2.75) is 45.3 Å². The molecule has 4 aromatic rings. The predicted octanol–water partition coefficient (Wildman–Crippen LogP) is 2.93. The number of carbonyl (C=O) groups excluding carboxylic acids is 1. The highest BCUT2D eigenvalue weighted by Crippen LogP contribution is 2.29. The van der Waals surface area contributed by atoms with Crippen LogP contribution in [-0.4, -0.2) is 47.2 Å². The molecule has 4 heterocycles. The van der Waals surface area contributed by atoms with Gasteiger partial charge in [-0.2, -0.15) is 5.10 Å². The number of hydrogen-bond donors (Lipinski definition) is 3. The molecule has 1 aliphatic rings. The molecule has 1 amide bonds. The second-order valence-electron chi connectivity index (χ2n) is 9.69. The summed E-state index contributed by atoms with van der Waals surface area (Å²) in [7, 11) is 0. The van der Waals surface area contributed by atoms with E-state index in [-0.39, 0.29) is 23.2 Å². The molecule has 3 aromatic heterocycles. The minimum atomic E-state index is -2.36. The van der Waals surface area contributed by atoms with Crippen LogP contribution >= 0.6 is 0 Å². The van der Waals surface area contributed by atoms with Gasteiger partial charge in [0.25, 0.3) is 5.91 Å². The standard InChI is InChI=1S/C25H30N10O/c1-25(2,3)35-15-22(32-33-35)23(36)30-21-7-9-26-12-17-11-16(5-6-19(17)21)20-8-10-27-24(31-20)29-18-13-28-34(4)14-18/h5-6,8,10-11,13-15,21,26H,7,9,12H2,1-4H3,(H,30,36)(H,27,29,31)/t21-/m1/s1/i4D3. The largest absolute Gasteiger partial charge is 0.344 e. The van der Waals surface area contributed by atoms with E-state index in [9.17, 15) is 4.79 Å². The highest BCUT2D eigenvalue weighted by atomic mass is 16.2. The first-order valence-electron chi connectivity index (χ1n) is 13.2. The fourth-order valence-corrected chi connectivity index (χ4v) is 4.06. The van der Waals surface area contributed by atoms with Crippen molar-refractivity contribution in [2.75, 3.05) is 11.9 Å². The Hall–Kier alpha value is -4.12. The Morgan fingerprint density at radius 2 is 2.14 bits per heavy atom. The SMILES string of the molecule is [2H]C([2H])([2H])n1cc(Nc2nccc(-c3ccc4c(c3)CNCC[C@H]4NC(=O)c3cn(C(C)(C)C)nn3)n2)cn1. The number of rotatable bonds is 5. The minimum absolute atomic E-state index is 0.186. The average molecular weight is 490 g/mol. The van der Waals surface area contributed by atoms with Crippen LogP contribution in [-0.2, 0) is 19.1 Å². The third kappa shape index (κ3) is 5.10. The first-order valence-corrected chi connectivity index (χ1v) is 11.7. The summed E-state index contributed by atoms with van der Waals surface area (Å²) in [5.74, 6) is 0.0554. The van der Waals surface area contributed by atoms with Gasteiger partial charge in [-0.05, 0) is 57.0 Å². The Bertz CT molecular complexity index is 1490. The van der Waals surface area contributed by atoms with Gasteiger partial charge in [0, 0.05) is 35.6 Å². The van der Waals surface area contributed by atoms with E-state index in [0.717, 1.165) is 34.3 Å². The fourth-order valence-electron chi connectivity index (χ4n) is 4.06. The molecular formula is C25H30N10O. The normalized spacial score (nSPS) is 17.3. The van der Waals surface area contributed by atoms with Gasteiger partial charge in [-0.15, -0.1) is 5.10 Å². The third-order valence-electron chi connectivity index (χ3n) is 5.95. The molecule has 0 bridgehead atoms. The molecule has 0 radical (unpaired) electrons. The molecule has 11 heteroatoms. The number of amides is 1. The number of nitrogens with one attached hydrogen (secondary N) is 3. The molecule has 1 atom stereocenters. The first-order chi connectivity index (χ1) is 18.5. The molecule has 1 aliphatic heterocycles. The third-order valence-corrected chi connectivity index (χ3v) is 5.95. The molecule has 3 N–H and O–H groups in total. The second-order valence-corrected chi connectivity index (χ2v) is 9.69. The Kier molecular flexibility index (Phi) is 5.31. The van der Waals surface area contributed by atoms with Crippen LogP contribution in [0.5, 0.6) is 0 Å². The molecule has 186 valence electrons. The Labute approximate surface area is 213 Å². The van der Waals surface area contributed by atoms with Gasteiger partial charge in [-0.25, -0.2) is 14.6 Å². The maximum atomic E-state index is 13.0. The zero-order valence-electron chi connectivity index (χ0n) is 23.4. The van der Waals surface area contributed by atoms with Crippen LogP contribution < -0.4 is 16.0 Å². The number of aryl methyl sites for hydroxylation is 1. The number of benzene rings is 1. The van der Waals surface area contributed by atoms with Gasteiger partial charge in [0.05, 0.1) is 35.4 Å². The van der Waals surface area contributed by atoms with Crippen LogP contribution in [0.1, 0.15) is 59.0 Å².